The van der Waals surface area contributed by atoms with E-state index in [2.05, 4.69) is 0 Å². The summed E-state index contributed by atoms with van der Waals surface area (Å²) in [4.78, 5) is 0.224. The smallest absolute Gasteiger partial charge is 0.243 e. The van der Waals surface area contributed by atoms with Crippen molar-refractivity contribution >= 4 is 10.0 Å². The Labute approximate surface area is 160 Å². The standard InChI is InChI=1S/C20H25NO5S/c1-15-3-9-20(10-4-15)27(23,24)21-12-18(22)14-26-13-17(21)11-16-5-7-19(25-2)8-6-16/h3-10,17-18,22H,11-14H2,1-2H3/t17-,18-/m0/s1. The van der Waals surface area contributed by atoms with Gasteiger partial charge in [-0.3, -0.25) is 0 Å². The van der Waals surface area contributed by atoms with Crippen LogP contribution in [-0.2, 0) is 21.2 Å². The quantitative estimate of drug-likeness (QED) is 0.844. The molecular weight excluding hydrogens is 366 g/mol. The minimum atomic E-state index is -3.75. The maximum Gasteiger partial charge on any atom is 0.243 e. The first-order valence-corrected chi connectivity index (χ1v) is 10.3. The molecule has 7 heteroatoms. The molecule has 0 spiro atoms. The van der Waals surface area contributed by atoms with Gasteiger partial charge in [-0.1, -0.05) is 29.8 Å². The summed E-state index contributed by atoms with van der Waals surface area (Å²) in [5.74, 6) is 0.746. The number of hydrogen-bond donors (Lipinski definition) is 1. The third-order valence-electron chi connectivity index (χ3n) is 4.68. The van der Waals surface area contributed by atoms with E-state index in [1.54, 1.807) is 31.4 Å². The molecule has 0 saturated carbocycles. The molecule has 0 radical (unpaired) electrons. The number of β-amino-alcohol motifs (C(OH)–C–C–N with tert-alkyl or cyclic N) is 1. The van der Waals surface area contributed by atoms with E-state index in [0.29, 0.717) is 6.42 Å². The van der Waals surface area contributed by atoms with Crippen molar-refractivity contribution in [3.63, 3.8) is 0 Å². The van der Waals surface area contributed by atoms with Crippen LogP contribution < -0.4 is 4.74 Å². The van der Waals surface area contributed by atoms with E-state index >= 15 is 0 Å². The van der Waals surface area contributed by atoms with Crippen LogP contribution in [0.4, 0.5) is 0 Å². The minimum Gasteiger partial charge on any atom is -0.497 e. The van der Waals surface area contributed by atoms with Crippen LogP contribution in [0.1, 0.15) is 11.1 Å². The molecule has 27 heavy (non-hydrogen) atoms. The van der Waals surface area contributed by atoms with Crippen molar-refractivity contribution in [2.75, 3.05) is 26.9 Å². The Bertz CT molecular complexity index is 849. The fraction of sp³-hybridized carbons (Fsp3) is 0.400. The molecule has 1 heterocycles. The predicted molar refractivity (Wildman–Crippen MR) is 102 cm³/mol. The molecule has 0 bridgehead atoms. The first kappa shape index (κ1) is 19.8. The van der Waals surface area contributed by atoms with Crippen LogP contribution in [-0.4, -0.2) is 56.8 Å². The summed E-state index contributed by atoms with van der Waals surface area (Å²) in [6.07, 6.45) is -0.368. The molecule has 1 aliphatic heterocycles. The van der Waals surface area contributed by atoms with Crippen molar-refractivity contribution in [3.05, 3.63) is 59.7 Å². The Hall–Kier alpha value is -1.93. The summed E-state index contributed by atoms with van der Waals surface area (Å²) in [5.41, 5.74) is 1.97. The van der Waals surface area contributed by atoms with Gasteiger partial charge in [-0.2, -0.15) is 4.31 Å². The van der Waals surface area contributed by atoms with E-state index in [1.165, 1.54) is 4.31 Å². The lowest BCUT2D eigenvalue weighted by Crippen LogP contribution is -2.45. The Morgan fingerprint density at radius 3 is 2.41 bits per heavy atom. The number of benzene rings is 2. The zero-order valence-electron chi connectivity index (χ0n) is 15.5. The normalized spacial score (nSPS) is 21.6. The number of aryl methyl sites for hydroxylation is 1. The van der Waals surface area contributed by atoms with E-state index in [9.17, 15) is 13.5 Å². The number of aliphatic hydroxyl groups excluding tert-OH is 1. The summed E-state index contributed by atoms with van der Waals surface area (Å²) < 4.78 is 38.6. The van der Waals surface area contributed by atoms with Crippen LogP contribution in [0.2, 0.25) is 0 Å². The zero-order chi connectivity index (χ0) is 19.4. The van der Waals surface area contributed by atoms with E-state index in [1.807, 2.05) is 31.2 Å². The van der Waals surface area contributed by atoms with Crippen molar-refractivity contribution in [1.82, 2.24) is 4.31 Å². The highest BCUT2D eigenvalue weighted by atomic mass is 32.2. The number of nitrogens with zero attached hydrogens (tertiary/aromatic N) is 1. The molecule has 3 rings (SSSR count). The molecule has 0 unspecified atom stereocenters. The molecule has 6 nitrogen and oxygen atoms in total. The van der Waals surface area contributed by atoms with E-state index in [-0.39, 0.29) is 24.7 Å². The molecule has 0 aromatic heterocycles. The van der Waals surface area contributed by atoms with Gasteiger partial charge in [0.05, 0.1) is 37.4 Å². The van der Waals surface area contributed by atoms with E-state index in [0.717, 1.165) is 16.9 Å². The highest BCUT2D eigenvalue weighted by molar-refractivity contribution is 7.89. The van der Waals surface area contributed by atoms with Crippen molar-refractivity contribution < 1.29 is 23.0 Å². The number of ether oxygens (including phenoxy) is 2. The lowest BCUT2D eigenvalue weighted by molar-refractivity contribution is 0.0543. The maximum absolute atomic E-state index is 13.2. The van der Waals surface area contributed by atoms with Gasteiger partial charge < -0.3 is 14.6 Å². The van der Waals surface area contributed by atoms with Crippen LogP contribution in [0.15, 0.2) is 53.4 Å². The number of sulfonamides is 1. The van der Waals surface area contributed by atoms with Gasteiger partial charge >= 0.3 is 0 Å². The monoisotopic (exact) mass is 391 g/mol. The fourth-order valence-corrected chi connectivity index (χ4v) is 4.81. The number of aliphatic hydroxyl groups is 1. The predicted octanol–water partition coefficient (Wildman–Crippen LogP) is 2.00. The lowest BCUT2D eigenvalue weighted by atomic mass is 10.1. The molecule has 2 aromatic rings. The summed E-state index contributed by atoms with van der Waals surface area (Å²) in [7, 11) is -2.15. The third kappa shape index (κ3) is 4.68. The Morgan fingerprint density at radius 2 is 1.78 bits per heavy atom. The second-order valence-electron chi connectivity index (χ2n) is 6.79. The summed E-state index contributed by atoms with van der Waals surface area (Å²) >= 11 is 0. The maximum atomic E-state index is 13.2. The average Bonchev–Trinajstić information content (AvgIpc) is 2.84. The Kier molecular flexibility index (Phi) is 6.16. The molecule has 2 aromatic carbocycles. The van der Waals surface area contributed by atoms with Crippen LogP contribution in [0.5, 0.6) is 5.75 Å². The van der Waals surface area contributed by atoms with Gasteiger partial charge in [-0.05, 0) is 43.2 Å². The molecular formula is C20H25NO5S. The number of hydrogen-bond acceptors (Lipinski definition) is 5. The van der Waals surface area contributed by atoms with E-state index in [4.69, 9.17) is 9.47 Å². The second kappa shape index (κ2) is 8.39. The molecule has 1 N–H and O–H groups in total. The number of rotatable bonds is 5. The van der Waals surface area contributed by atoms with E-state index < -0.39 is 22.2 Å². The van der Waals surface area contributed by atoms with Crippen LogP contribution in [0.3, 0.4) is 0 Å². The Morgan fingerprint density at radius 1 is 1.11 bits per heavy atom. The number of methoxy groups -OCH3 is 1. The van der Waals surface area contributed by atoms with Gasteiger partial charge in [-0.15, -0.1) is 0 Å². The van der Waals surface area contributed by atoms with Gasteiger partial charge in [0, 0.05) is 6.54 Å². The van der Waals surface area contributed by atoms with Crippen molar-refractivity contribution in [2.24, 2.45) is 0 Å². The van der Waals surface area contributed by atoms with Crippen LogP contribution >= 0.6 is 0 Å². The van der Waals surface area contributed by atoms with Gasteiger partial charge in [-0.25, -0.2) is 8.42 Å². The average molecular weight is 391 g/mol. The fourth-order valence-electron chi connectivity index (χ4n) is 3.17. The van der Waals surface area contributed by atoms with Crippen molar-refractivity contribution in [1.29, 1.82) is 0 Å². The summed E-state index contributed by atoms with van der Waals surface area (Å²) in [5, 5.41) is 10.1. The van der Waals surface area contributed by atoms with Gasteiger partial charge in [0.15, 0.2) is 0 Å². The molecule has 2 atom stereocenters. The highest BCUT2D eigenvalue weighted by Crippen LogP contribution is 2.24. The topological polar surface area (TPSA) is 76.1 Å². The third-order valence-corrected chi connectivity index (χ3v) is 6.61. The molecule has 1 aliphatic rings. The largest absolute Gasteiger partial charge is 0.497 e. The van der Waals surface area contributed by atoms with Gasteiger partial charge in [0.1, 0.15) is 5.75 Å². The minimum absolute atomic E-state index is 0.0109. The van der Waals surface area contributed by atoms with Gasteiger partial charge in [0.25, 0.3) is 0 Å². The highest BCUT2D eigenvalue weighted by Gasteiger charge is 2.35. The van der Waals surface area contributed by atoms with Crippen molar-refractivity contribution in [2.45, 2.75) is 30.4 Å². The molecule has 0 amide bonds. The molecule has 1 fully saturated rings. The molecule has 1 saturated heterocycles. The first-order chi connectivity index (χ1) is 12.9. The van der Waals surface area contributed by atoms with Crippen molar-refractivity contribution in [3.8, 4) is 5.75 Å². The lowest BCUT2D eigenvalue weighted by Gasteiger charge is -2.29. The SMILES string of the molecule is COc1ccc(C[C@H]2COC[C@@H](O)CN2S(=O)(=O)c2ccc(C)cc2)cc1. The van der Waals surface area contributed by atoms with Crippen LogP contribution in [0.25, 0.3) is 0 Å². The molecule has 146 valence electrons. The van der Waals surface area contributed by atoms with Gasteiger partial charge in [0.2, 0.25) is 10.0 Å². The second-order valence-corrected chi connectivity index (χ2v) is 8.68. The molecule has 0 aliphatic carbocycles. The summed E-state index contributed by atoms with van der Waals surface area (Å²) in [6, 6.07) is 13.9. The Balaban J connectivity index is 1.90. The van der Waals surface area contributed by atoms with Crippen LogP contribution in [0, 0.1) is 6.92 Å². The zero-order valence-corrected chi connectivity index (χ0v) is 16.4. The summed E-state index contributed by atoms with van der Waals surface area (Å²) in [6.45, 7) is 2.27. The first-order valence-electron chi connectivity index (χ1n) is 8.87.